The molecule has 0 spiro atoms. The molecule has 3 heteroatoms. The number of carbonyl (C=O) groups is 1. The topological polar surface area (TPSA) is 46.5 Å². The molecule has 1 aliphatic carbocycles. The Bertz CT molecular complexity index is 401. The molecule has 0 radical (unpaired) electrons. The van der Waals surface area contributed by atoms with E-state index >= 15 is 0 Å². The van der Waals surface area contributed by atoms with Gasteiger partial charge in [-0.1, -0.05) is 43.7 Å². The molecule has 0 aromatic heterocycles. The van der Waals surface area contributed by atoms with Crippen molar-refractivity contribution < 1.29 is 14.6 Å². The van der Waals surface area contributed by atoms with Crippen molar-refractivity contribution in [2.45, 2.75) is 44.8 Å². The van der Waals surface area contributed by atoms with Crippen LogP contribution in [-0.4, -0.2) is 16.7 Å². The Morgan fingerprint density at radius 3 is 2.72 bits per heavy atom. The second-order valence-corrected chi connectivity index (χ2v) is 5.12. The molecular formula is C15H20O3. The maximum absolute atomic E-state index is 11.6. The lowest BCUT2D eigenvalue weighted by atomic mass is 9.76. The minimum absolute atomic E-state index is 0.0764. The van der Waals surface area contributed by atoms with Crippen LogP contribution in [0.3, 0.4) is 0 Å². The summed E-state index contributed by atoms with van der Waals surface area (Å²) < 4.78 is 5.83. The van der Waals surface area contributed by atoms with Gasteiger partial charge in [-0.05, 0) is 30.7 Å². The number of carboxylic acids is 1. The Labute approximate surface area is 108 Å². The summed E-state index contributed by atoms with van der Waals surface area (Å²) >= 11 is 0. The molecule has 2 unspecified atom stereocenters. The minimum atomic E-state index is -0.992. The van der Waals surface area contributed by atoms with Crippen LogP contribution in [0, 0.1) is 5.92 Å². The van der Waals surface area contributed by atoms with Crippen LogP contribution >= 0.6 is 0 Å². The second-order valence-electron chi connectivity index (χ2n) is 5.12. The van der Waals surface area contributed by atoms with Gasteiger partial charge in [0.05, 0.1) is 6.61 Å². The normalized spacial score (nSPS) is 27.9. The Morgan fingerprint density at radius 2 is 2.11 bits per heavy atom. The summed E-state index contributed by atoms with van der Waals surface area (Å²) in [6, 6.07) is 9.75. The van der Waals surface area contributed by atoms with Crippen LogP contribution in [0.5, 0.6) is 0 Å². The van der Waals surface area contributed by atoms with E-state index in [0.717, 1.165) is 24.8 Å². The maximum Gasteiger partial charge on any atom is 0.336 e. The van der Waals surface area contributed by atoms with Crippen LogP contribution in [0.4, 0.5) is 0 Å². The van der Waals surface area contributed by atoms with Gasteiger partial charge in [-0.25, -0.2) is 4.79 Å². The number of benzene rings is 1. The van der Waals surface area contributed by atoms with Crippen LogP contribution < -0.4 is 0 Å². The molecule has 0 saturated heterocycles. The van der Waals surface area contributed by atoms with Crippen molar-refractivity contribution in [3.05, 3.63) is 35.9 Å². The Morgan fingerprint density at radius 1 is 1.39 bits per heavy atom. The molecule has 1 aliphatic rings. The number of ether oxygens (including phenoxy) is 1. The van der Waals surface area contributed by atoms with Gasteiger partial charge in [-0.2, -0.15) is 0 Å². The third kappa shape index (κ3) is 2.56. The van der Waals surface area contributed by atoms with E-state index in [2.05, 4.69) is 0 Å². The molecule has 0 aliphatic heterocycles. The van der Waals surface area contributed by atoms with E-state index in [1.54, 1.807) is 0 Å². The third-order valence-corrected chi connectivity index (χ3v) is 3.93. The lowest BCUT2D eigenvalue weighted by Crippen LogP contribution is -2.49. The van der Waals surface area contributed by atoms with Gasteiger partial charge in [0.1, 0.15) is 0 Å². The van der Waals surface area contributed by atoms with E-state index in [-0.39, 0.29) is 5.92 Å². The van der Waals surface area contributed by atoms with Crippen LogP contribution in [0.1, 0.15) is 38.2 Å². The van der Waals surface area contributed by atoms with Gasteiger partial charge in [0.2, 0.25) is 0 Å². The molecule has 1 N–H and O–H groups in total. The molecule has 0 amide bonds. The quantitative estimate of drug-likeness (QED) is 0.889. The maximum atomic E-state index is 11.6. The van der Waals surface area contributed by atoms with Gasteiger partial charge in [0.15, 0.2) is 5.60 Å². The van der Waals surface area contributed by atoms with Crippen molar-refractivity contribution in [2.24, 2.45) is 5.92 Å². The summed E-state index contributed by atoms with van der Waals surface area (Å²) in [5, 5.41) is 9.51. The molecule has 0 heterocycles. The number of carboxylic acid groups (broad SMARTS) is 1. The van der Waals surface area contributed by atoms with Crippen molar-refractivity contribution in [1.82, 2.24) is 0 Å². The predicted molar refractivity (Wildman–Crippen MR) is 69.2 cm³/mol. The standard InChI is InChI=1S/C15H20O3/c1-12-7-5-6-10-15(12,14(16)17)18-11-13-8-3-2-4-9-13/h2-4,8-9,12H,5-7,10-11H2,1H3,(H,16,17). The Hall–Kier alpha value is -1.35. The van der Waals surface area contributed by atoms with Crippen molar-refractivity contribution >= 4 is 5.97 Å². The largest absolute Gasteiger partial charge is 0.479 e. The minimum Gasteiger partial charge on any atom is -0.479 e. The molecule has 18 heavy (non-hydrogen) atoms. The zero-order chi connectivity index (χ0) is 13.0. The summed E-state index contributed by atoms with van der Waals surface area (Å²) in [4.78, 5) is 11.6. The van der Waals surface area contributed by atoms with Crippen molar-refractivity contribution in [1.29, 1.82) is 0 Å². The van der Waals surface area contributed by atoms with Crippen molar-refractivity contribution in [3.63, 3.8) is 0 Å². The first kappa shape index (κ1) is 13.1. The van der Waals surface area contributed by atoms with Gasteiger partial charge < -0.3 is 9.84 Å². The smallest absolute Gasteiger partial charge is 0.336 e. The van der Waals surface area contributed by atoms with Gasteiger partial charge in [-0.15, -0.1) is 0 Å². The van der Waals surface area contributed by atoms with Crippen molar-refractivity contribution in [3.8, 4) is 0 Å². The van der Waals surface area contributed by atoms with Crippen LogP contribution in [0.25, 0.3) is 0 Å². The zero-order valence-electron chi connectivity index (χ0n) is 10.8. The van der Waals surface area contributed by atoms with Crippen LogP contribution in [0.15, 0.2) is 30.3 Å². The molecule has 3 nitrogen and oxygen atoms in total. The highest BCUT2D eigenvalue weighted by Crippen LogP contribution is 2.37. The highest BCUT2D eigenvalue weighted by atomic mass is 16.5. The van der Waals surface area contributed by atoms with E-state index in [4.69, 9.17) is 4.74 Å². The van der Waals surface area contributed by atoms with E-state index in [1.807, 2.05) is 37.3 Å². The predicted octanol–water partition coefficient (Wildman–Crippen LogP) is 3.24. The number of hydrogen-bond acceptors (Lipinski definition) is 2. The van der Waals surface area contributed by atoms with Gasteiger partial charge in [0.25, 0.3) is 0 Å². The first-order valence-electron chi connectivity index (χ1n) is 6.56. The molecule has 0 bridgehead atoms. The number of hydrogen-bond donors (Lipinski definition) is 1. The molecule has 98 valence electrons. The summed E-state index contributed by atoms with van der Waals surface area (Å²) in [6.45, 7) is 2.36. The second kappa shape index (κ2) is 5.53. The van der Waals surface area contributed by atoms with E-state index in [0.29, 0.717) is 13.0 Å². The van der Waals surface area contributed by atoms with Gasteiger partial charge in [-0.3, -0.25) is 0 Å². The Kier molecular flexibility index (Phi) is 4.02. The summed E-state index contributed by atoms with van der Waals surface area (Å²) in [5.41, 5.74) is 0.0320. The van der Waals surface area contributed by atoms with Gasteiger partial charge >= 0.3 is 5.97 Å². The van der Waals surface area contributed by atoms with Crippen LogP contribution in [-0.2, 0) is 16.1 Å². The third-order valence-electron chi connectivity index (χ3n) is 3.93. The lowest BCUT2D eigenvalue weighted by molar-refractivity contribution is -0.181. The molecular weight excluding hydrogens is 228 g/mol. The Balaban J connectivity index is 2.09. The first-order chi connectivity index (χ1) is 8.65. The average Bonchev–Trinajstić information content (AvgIpc) is 2.39. The zero-order valence-corrected chi connectivity index (χ0v) is 10.8. The average molecular weight is 248 g/mol. The molecule has 2 rings (SSSR count). The number of rotatable bonds is 4. The molecule has 1 aromatic carbocycles. The SMILES string of the molecule is CC1CCCCC1(OCc1ccccc1)C(=O)O. The first-order valence-corrected chi connectivity index (χ1v) is 6.56. The molecule has 1 fully saturated rings. The highest BCUT2D eigenvalue weighted by Gasteiger charge is 2.46. The fourth-order valence-electron chi connectivity index (χ4n) is 2.70. The summed E-state index contributed by atoms with van der Waals surface area (Å²) in [5.74, 6) is -0.738. The summed E-state index contributed by atoms with van der Waals surface area (Å²) in [7, 11) is 0. The lowest BCUT2D eigenvalue weighted by Gasteiger charge is -2.38. The highest BCUT2D eigenvalue weighted by molar-refractivity contribution is 5.78. The molecule has 1 aromatic rings. The number of aliphatic carboxylic acids is 1. The van der Waals surface area contributed by atoms with Crippen LogP contribution in [0.2, 0.25) is 0 Å². The van der Waals surface area contributed by atoms with Crippen molar-refractivity contribution in [2.75, 3.05) is 0 Å². The van der Waals surface area contributed by atoms with E-state index < -0.39 is 11.6 Å². The summed E-state index contributed by atoms with van der Waals surface area (Å²) in [6.07, 6.45) is 3.59. The van der Waals surface area contributed by atoms with E-state index in [9.17, 15) is 9.90 Å². The fourth-order valence-corrected chi connectivity index (χ4v) is 2.70. The monoisotopic (exact) mass is 248 g/mol. The molecule has 1 saturated carbocycles. The van der Waals surface area contributed by atoms with E-state index in [1.165, 1.54) is 0 Å². The molecule has 2 atom stereocenters. The fraction of sp³-hybridized carbons (Fsp3) is 0.533. The van der Waals surface area contributed by atoms with Gasteiger partial charge in [0, 0.05) is 0 Å².